The van der Waals surface area contributed by atoms with Gasteiger partial charge in [-0.3, -0.25) is 14.9 Å². The van der Waals surface area contributed by atoms with Crippen molar-refractivity contribution in [3.8, 4) is 0 Å². The number of aromatic nitrogens is 3. The Labute approximate surface area is 191 Å². The van der Waals surface area contributed by atoms with E-state index in [1.54, 1.807) is 32.2 Å². The largest absolute Gasteiger partial charge is 0.302 e. The number of thiophene rings is 1. The Balaban J connectivity index is 1.45. The molecular weight excluding hydrogens is 470 g/mol. The van der Waals surface area contributed by atoms with Crippen LogP contribution in [0.4, 0.5) is 5.13 Å². The minimum atomic E-state index is -3.53. The Bertz CT molecular complexity index is 1540. The van der Waals surface area contributed by atoms with Crippen LogP contribution in [0.2, 0.25) is 0 Å². The number of rotatable bonds is 4. The normalized spacial score (nSPS) is 15.1. The van der Waals surface area contributed by atoms with Gasteiger partial charge in [0.05, 0.1) is 31.7 Å². The molecule has 166 valence electrons. The standard InChI is InChI=1S/C20H19N5O4S3/c1-11-15-18(21-10-24(2)19(15)27)31-16(11)17(26)23-20-22-13-6-5-12(9-14(13)30-20)32(28,29)25-7-3-4-8-25/h5-6,9-10H,3-4,7-8H2,1-2H3,(H,22,23,26). The molecule has 1 saturated heterocycles. The average Bonchev–Trinajstić information content (AvgIpc) is 3.49. The van der Waals surface area contributed by atoms with Crippen LogP contribution in [0.5, 0.6) is 0 Å². The number of aryl methyl sites for hydroxylation is 2. The highest BCUT2D eigenvalue weighted by Crippen LogP contribution is 2.32. The van der Waals surface area contributed by atoms with Crippen molar-refractivity contribution in [2.75, 3.05) is 18.4 Å². The molecule has 4 heterocycles. The molecule has 1 aliphatic heterocycles. The van der Waals surface area contributed by atoms with E-state index in [4.69, 9.17) is 0 Å². The first-order valence-corrected chi connectivity index (χ1v) is 13.0. The summed E-state index contributed by atoms with van der Waals surface area (Å²) in [5, 5.41) is 3.58. The Kier molecular flexibility index (Phi) is 5.12. The monoisotopic (exact) mass is 489 g/mol. The summed E-state index contributed by atoms with van der Waals surface area (Å²) >= 11 is 2.37. The molecule has 0 unspecified atom stereocenters. The zero-order valence-corrected chi connectivity index (χ0v) is 19.7. The molecule has 9 nitrogen and oxygen atoms in total. The molecular formula is C20H19N5O4S3. The van der Waals surface area contributed by atoms with Gasteiger partial charge >= 0.3 is 0 Å². The maximum Gasteiger partial charge on any atom is 0.267 e. The average molecular weight is 490 g/mol. The minimum Gasteiger partial charge on any atom is -0.302 e. The summed E-state index contributed by atoms with van der Waals surface area (Å²) in [6.07, 6.45) is 3.18. The highest BCUT2D eigenvalue weighted by molar-refractivity contribution is 7.89. The number of carbonyl (C=O) groups excluding carboxylic acids is 1. The van der Waals surface area contributed by atoms with Crippen LogP contribution in [0.3, 0.4) is 0 Å². The Morgan fingerprint density at radius 3 is 2.69 bits per heavy atom. The highest BCUT2D eigenvalue weighted by Gasteiger charge is 2.27. The number of hydrogen-bond acceptors (Lipinski definition) is 8. The smallest absolute Gasteiger partial charge is 0.267 e. The molecule has 12 heteroatoms. The molecule has 1 amide bonds. The van der Waals surface area contributed by atoms with E-state index < -0.39 is 10.0 Å². The quantitative estimate of drug-likeness (QED) is 0.471. The summed E-state index contributed by atoms with van der Waals surface area (Å²) in [5.74, 6) is -0.378. The number of hydrogen-bond donors (Lipinski definition) is 1. The predicted molar refractivity (Wildman–Crippen MR) is 125 cm³/mol. The molecule has 5 rings (SSSR count). The number of sulfonamides is 1. The van der Waals surface area contributed by atoms with E-state index >= 15 is 0 Å². The van der Waals surface area contributed by atoms with Gasteiger partial charge in [0.2, 0.25) is 10.0 Å². The van der Waals surface area contributed by atoms with Crippen molar-refractivity contribution in [1.82, 2.24) is 18.8 Å². The number of carbonyl (C=O) groups is 1. The van der Waals surface area contributed by atoms with Gasteiger partial charge in [0.1, 0.15) is 4.83 Å². The lowest BCUT2D eigenvalue weighted by atomic mass is 10.2. The first-order valence-electron chi connectivity index (χ1n) is 9.92. The van der Waals surface area contributed by atoms with Crippen LogP contribution in [-0.4, -0.2) is 46.3 Å². The summed E-state index contributed by atoms with van der Waals surface area (Å²) < 4.78 is 29.2. The molecule has 0 bridgehead atoms. The Hall–Kier alpha value is -2.67. The number of nitrogens with zero attached hydrogens (tertiary/aromatic N) is 4. The van der Waals surface area contributed by atoms with Gasteiger partial charge in [-0.25, -0.2) is 18.4 Å². The van der Waals surface area contributed by atoms with Gasteiger partial charge in [0.15, 0.2) is 5.13 Å². The van der Waals surface area contributed by atoms with Crippen LogP contribution in [-0.2, 0) is 17.1 Å². The van der Waals surface area contributed by atoms with Gasteiger partial charge in [0, 0.05) is 20.1 Å². The second-order valence-electron chi connectivity index (χ2n) is 7.61. The fourth-order valence-electron chi connectivity index (χ4n) is 3.78. The van der Waals surface area contributed by atoms with Crippen LogP contribution in [0.25, 0.3) is 20.4 Å². The summed E-state index contributed by atoms with van der Waals surface area (Å²) in [6, 6.07) is 4.82. The molecule has 4 aromatic rings. The predicted octanol–water partition coefficient (Wildman–Crippen LogP) is 2.95. The zero-order chi connectivity index (χ0) is 22.6. The lowest BCUT2D eigenvalue weighted by molar-refractivity contribution is 0.103. The molecule has 0 spiro atoms. The van der Waals surface area contributed by atoms with Crippen molar-refractivity contribution in [2.45, 2.75) is 24.7 Å². The molecule has 0 atom stereocenters. The molecule has 0 radical (unpaired) electrons. The highest BCUT2D eigenvalue weighted by atomic mass is 32.2. The van der Waals surface area contributed by atoms with E-state index in [2.05, 4.69) is 15.3 Å². The SMILES string of the molecule is Cc1c(C(=O)Nc2nc3ccc(S(=O)(=O)N4CCCC4)cc3s2)sc2ncn(C)c(=O)c12. The molecule has 3 aromatic heterocycles. The van der Waals surface area contributed by atoms with Crippen molar-refractivity contribution in [1.29, 1.82) is 0 Å². The third-order valence-electron chi connectivity index (χ3n) is 5.50. The van der Waals surface area contributed by atoms with E-state index in [-0.39, 0.29) is 16.4 Å². The number of fused-ring (bicyclic) bond motifs is 2. The van der Waals surface area contributed by atoms with Gasteiger partial charge < -0.3 is 4.57 Å². The van der Waals surface area contributed by atoms with E-state index in [0.717, 1.165) is 24.2 Å². The van der Waals surface area contributed by atoms with Gasteiger partial charge in [0.25, 0.3) is 11.5 Å². The van der Waals surface area contributed by atoms with Crippen LogP contribution >= 0.6 is 22.7 Å². The summed E-state index contributed by atoms with van der Waals surface area (Å²) in [6.45, 7) is 2.80. The van der Waals surface area contributed by atoms with Crippen molar-refractivity contribution in [3.63, 3.8) is 0 Å². The molecule has 1 N–H and O–H groups in total. The van der Waals surface area contributed by atoms with Gasteiger partial charge in [-0.15, -0.1) is 11.3 Å². The van der Waals surface area contributed by atoms with Crippen molar-refractivity contribution in [3.05, 3.63) is 45.3 Å². The van der Waals surface area contributed by atoms with Gasteiger partial charge in [-0.1, -0.05) is 11.3 Å². The number of benzene rings is 1. The summed E-state index contributed by atoms with van der Waals surface area (Å²) in [5.41, 5.74) is 0.986. The van der Waals surface area contributed by atoms with Crippen molar-refractivity contribution >= 4 is 64.2 Å². The number of amides is 1. The lowest BCUT2D eigenvalue weighted by Gasteiger charge is -2.15. The van der Waals surface area contributed by atoms with Crippen LogP contribution in [0.1, 0.15) is 28.1 Å². The number of thiazole rings is 1. The van der Waals surface area contributed by atoms with E-state index in [1.807, 2.05) is 0 Å². The van der Waals surface area contributed by atoms with Crippen LogP contribution in [0, 0.1) is 6.92 Å². The lowest BCUT2D eigenvalue weighted by Crippen LogP contribution is -2.27. The molecule has 1 aromatic carbocycles. The fourth-order valence-corrected chi connectivity index (χ4v) is 7.33. The van der Waals surface area contributed by atoms with Gasteiger partial charge in [-0.05, 0) is 43.5 Å². The van der Waals surface area contributed by atoms with E-state index in [9.17, 15) is 18.0 Å². The topological polar surface area (TPSA) is 114 Å². The number of nitrogens with one attached hydrogen (secondary N) is 1. The van der Waals surface area contributed by atoms with E-state index in [1.165, 1.54) is 26.5 Å². The molecule has 0 aliphatic carbocycles. The summed E-state index contributed by atoms with van der Waals surface area (Å²) in [7, 11) is -1.91. The Morgan fingerprint density at radius 1 is 1.19 bits per heavy atom. The van der Waals surface area contributed by atoms with Crippen molar-refractivity contribution < 1.29 is 13.2 Å². The molecule has 0 saturated carbocycles. The second kappa shape index (κ2) is 7.73. The first-order chi connectivity index (χ1) is 15.3. The van der Waals surface area contributed by atoms with Crippen LogP contribution < -0.4 is 10.9 Å². The molecule has 1 aliphatic rings. The molecule has 32 heavy (non-hydrogen) atoms. The third-order valence-corrected chi connectivity index (χ3v) is 9.53. The van der Waals surface area contributed by atoms with E-state index in [0.29, 0.717) is 49.1 Å². The number of anilines is 1. The second-order valence-corrected chi connectivity index (χ2v) is 11.6. The zero-order valence-electron chi connectivity index (χ0n) is 17.3. The van der Waals surface area contributed by atoms with Crippen LogP contribution in [0.15, 0.2) is 34.2 Å². The maximum absolute atomic E-state index is 12.9. The fraction of sp³-hybridized carbons (Fsp3) is 0.300. The Morgan fingerprint density at radius 2 is 1.94 bits per heavy atom. The molecule has 1 fully saturated rings. The maximum atomic E-state index is 12.9. The first kappa shape index (κ1) is 21.2. The van der Waals surface area contributed by atoms with Crippen molar-refractivity contribution in [2.24, 2.45) is 7.05 Å². The minimum absolute atomic E-state index is 0.200. The van der Waals surface area contributed by atoms with Gasteiger partial charge in [-0.2, -0.15) is 4.31 Å². The third kappa shape index (κ3) is 3.43. The summed E-state index contributed by atoms with van der Waals surface area (Å²) in [4.78, 5) is 35.1.